The van der Waals surface area contributed by atoms with Gasteiger partial charge in [-0.3, -0.25) is 0 Å². The fourth-order valence-corrected chi connectivity index (χ4v) is 1.70. The minimum absolute atomic E-state index is 0.112. The molecular formula is C13H15BrN2O2. The first-order chi connectivity index (χ1) is 8.74. The zero-order valence-electron chi connectivity index (χ0n) is 10.4. The summed E-state index contributed by atoms with van der Waals surface area (Å²) in [5.74, 6) is 1.99. The van der Waals surface area contributed by atoms with Crippen LogP contribution in [-0.2, 0) is 0 Å². The minimum Gasteiger partial charge on any atom is -0.494 e. The molecule has 1 heterocycles. The number of halogens is 1. The van der Waals surface area contributed by atoms with Crippen molar-refractivity contribution < 1.29 is 9.15 Å². The summed E-state index contributed by atoms with van der Waals surface area (Å²) in [5, 5.41) is 8.07. The van der Waals surface area contributed by atoms with E-state index in [0.717, 1.165) is 17.7 Å². The second-order valence-electron chi connectivity index (χ2n) is 3.78. The molecule has 0 fully saturated rings. The Morgan fingerprint density at radius 1 is 1.22 bits per heavy atom. The van der Waals surface area contributed by atoms with Gasteiger partial charge in [-0.05, 0) is 37.6 Å². The molecule has 1 atom stereocenters. The van der Waals surface area contributed by atoms with Crippen LogP contribution in [0, 0.1) is 0 Å². The molecule has 1 aromatic carbocycles. The first-order valence-electron chi connectivity index (χ1n) is 5.95. The van der Waals surface area contributed by atoms with Crippen LogP contribution in [0.5, 0.6) is 5.75 Å². The predicted octanol–water partition coefficient (Wildman–Crippen LogP) is 3.98. The molecule has 2 aromatic rings. The average molecular weight is 311 g/mol. The first kappa shape index (κ1) is 13.1. The third-order valence-corrected chi connectivity index (χ3v) is 3.52. The Hall–Kier alpha value is -1.36. The van der Waals surface area contributed by atoms with E-state index in [9.17, 15) is 0 Å². The Morgan fingerprint density at radius 2 is 1.94 bits per heavy atom. The molecule has 0 spiro atoms. The number of rotatable bonds is 5. The lowest BCUT2D eigenvalue weighted by molar-refractivity contribution is 0.340. The zero-order chi connectivity index (χ0) is 13.0. The number of nitrogens with zero attached hydrogens (tertiary/aromatic N) is 2. The standard InChI is InChI=1S/C13H15BrN2O2/c1-3-11(14)13-16-15-12(18-13)9-5-7-10(8-6-9)17-4-2/h5-8,11H,3-4H2,1-2H3. The molecule has 96 valence electrons. The molecule has 2 rings (SSSR count). The number of hydrogen-bond acceptors (Lipinski definition) is 4. The molecule has 0 N–H and O–H groups in total. The van der Waals surface area contributed by atoms with Gasteiger partial charge in [-0.15, -0.1) is 10.2 Å². The highest BCUT2D eigenvalue weighted by atomic mass is 79.9. The van der Waals surface area contributed by atoms with Gasteiger partial charge in [-0.25, -0.2) is 0 Å². The number of alkyl halides is 1. The second kappa shape index (κ2) is 6.00. The summed E-state index contributed by atoms with van der Waals surface area (Å²) < 4.78 is 11.0. The highest BCUT2D eigenvalue weighted by molar-refractivity contribution is 9.09. The van der Waals surface area contributed by atoms with Crippen LogP contribution in [0.1, 0.15) is 31.0 Å². The van der Waals surface area contributed by atoms with E-state index < -0.39 is 0 Å². The van der Waals surface area contributed by atoms with E-state index in [2.05, 4.69) is 33.1 Å². The van der Waals surface area contributed by atoms with Crippen LogP contribution < -0.4 is 4.74 Å². The van der Waals surface area contributed by atoms with E-state index >= 15 is 0 Å². The quantitative estimate of drug-likeness (QED) is 0.784. The van der Waals surface area contributed by atoms with Gasteiger partial charge in [-0.2, -0.15) is 0 Å². The Balaban J connectivity index is 2.18. The van der Waals surface area contributed by atoms with Crippen molar-refractivity contribution >= 4 is 15.9 Å². The third kappa shape index (κ3) is 2.90. The molecule has 1 aromatic heterocycles. The molecule has 0 saturated heterocycles. The topological polar surface area (TPSA) is 48.2 Å². The van der Waals surface area contributed by atoms with Gasteiger partial charge in [0, 0.05) is 5.56 Å². The van der Waals surface area contributed by atoms with Gasteiger partial charge in [0.1, 0.15) is 5.75 Å². The lowest BCUT2D eigenvalue weighted by Gasteiger charge is -2.02. The van der Waals surface area contributed by atoms with Gasteiger partial charge in [-0.1, -0.05) is 22.9 Å². The number of ether oxygens (including phenoxy) is 1. The van der Waals surface area contributed by atoms with Crippen molar-refractivity contribution in [2.75, 3.05) is 6.61 Å². The monoisotopic (exact) mass is 310 g/mol. The third-order valence-electron chi connectivity index (χ3n) is 2.48. The minimum atomic E-state index is 0.112. The van der Waals surface area contributed by atoms with Crippen molar-refractivity contribution in [1.82, 2.24) is 10.2 Å². The molecule has 18 heavy (non-hydrogen) atoms. The largest absolute Gasteiger partial charge is 0.494 e. The normalized spacial score (nSPS) is 12.4. The summed E-state index contributed by atoms with van der Waals surface area (Å²) >= 11 is 3.49. The fraction of sp³-hybridized carbons (Fsp3) is 0.385. The highest BCUT2D eigenvalue weighted by Crippen LogP contribution is 2.28. The van der Waals surface area contributed by atoms with Crippen LogP contribution in [0.15, 0.2) is 28.7 Å². The van der Waals surface area contributed by atoms with E-state index in [1.807, 2.05) is 31.2 Å². The summed E-state index contributed by atoms with van der Waals surface area (Å²) in [5.41, 5.74) is 0.896. The molecule has 5 heteroatoms. The lowest BCUT2D eigenvalue weighted by Crippen LogP contribution is -1.90. The van der Waals surface area contributed by atoms with Crippen molar-refractivity contribution in [3.8, 4) is 17.2 Å². The summed E-state index contributed by atoms with van der Waals surface area (Å²) in [6.07, 6.45) is 0.908. The number of benzene rings is 1. The van der Waals surface area contributed by atoms with Crippen molar-refractivity contribution in [3.05, 3.63) is 30.2 Å². The van der Waals surface area contributed by atoms with Crippen LogP contribution in [0.25, 0.3) is 11.5 Å². The Kier molecular flexibility index (Phi) is 4.36. The first-order valence-corrected chi connectivity index (χ1v) is 6.86. The van der Waals surface area contributed by atoms with E-state index in [0.29, 0.717) is 18.4 Å². The van der Waals surface area contributed by atoms with Gasteiger partial charge in [0.15, 0.2) is 0 Å². The van der Waals surface area contributed by atoms with Gasteiger partial charge in [0.2, 0.25) is 11.8 Å². The van der Waals surface area contributed by atoms with Crippen LogP contribution in [0.2, 0.25) is 0 Å². The van der Waals surface area contributed by atoms with E-state index in [1.165, 1.54) is 0 Å². The molecule has 1 unspecified atom stereocenters. The van der Waals surface area contributed by atoms with Gasteiger partial charge < -0.3 is 9.15 Å². The van der Waals surface area contributed by atoms with Gasteiger partial charge in [0.05, 0.1) is 11.4 Å². The Labute approximate surface area is 114 Å². The molecule has 0 aliphatic rings. The Morgan fingerprint density at radius 3 is 2.56 bits per heavy atom. The summed E-state index contributed by atoms with van der Waals surface area (Å²) in [7, 11) is 0. The van der Waals surface area contributed by atoms with Gasteiger partial charge in [0.25, 0.3) is 0 Å². The summed E-state index contributed by atoms with van der Waals surface area (Å²) in [6.45, 7) is 4.67. The summed E-state index contributed by atoms with van der Waals surface area (Å²) in [4.78, 5) is 0.112. The zero-order valence-corrected chi connectivity index (χ0v) is 12.0. The molecule has 4 nitrogen and oxygen atoms in total. The van der Waals surface area contributed by atoms with Crippen LogP contribution in [0.3, 0.4) is 0 Å². The van der Waals surface area contributed by atoms with E-state index in [-0.39, 0.29) is 4.83 Å². The molecule has 0 amide bonds. The lowest BCUT2D eigenvalue weighted by atomic mass is 10.2. The Bertz CT molecular complexity index is 496. The molecule has 0 radical (unpaired) electrons. The maximum atomic E-state index is 5.61. The second-order valence-corrected chi connectivity index (χ2v) is 4.88. The summed E-state index contributed by atoms with van der Waals surface area (Å²) in [6, 6.07) is 7.62. The van der Waals surface area contributed by atoms with Crippen LogP contribution in [0.4, 0.5) is 0 Å². The maximum absolute atomic E-state index is 5.61. The van der Waals surface area contributed by atoms with E-state index in [4.69, 9.17) is 9.15 Å². The molecular weight excluding hydrogens is 296 g/mol. The predicted molar refractivity (Wildman–Crippen MR) is 72.9 cm³/mol. The van der Waals surface area contributed by atoms with Crippen molar-refractivity contribution in [1.29, 1.82) is 0 Å². The number of aromatic nitrogens is 2. The smallest absolute Gasteiger partial charge is 0.247 e. The average Bonchev–Trinajstić information content (AvgIpc) is 2.89. The van der Waals surface area contributed by atoms with Crippen LogP contribution >= 0.6 is 15.9 Å². The van der Waals surface area contributed by atoms with Crippen LogP contribution in [-0.4, -0.2) is 16.8 Å². The SMILES string of the molecule is CCOc1ccc(-c2nnc(C(Br)CC)o2)cc1. The van der Waals surface area contributed by atoms with Crippen molar-refractivity contribution in [2.24, 2.45) is 0 Å². The molecule has 0 saturated carbocycles. The van der Waals surface area contributed by atoms with Crippen molar-refractivity contribution in [2.45, 2.75) is 25.1 Å². The molecule has 0 bridgehead atoms. The van der Waals surface area contributed by atoms with Gasteiger partial charge >= 0.3 is 0 Å². The highest BCUT2D eigenvalue weighted by Gasteiger charge is 2.14. The number of hydrogen-bond donors (Lipinski definition) is 0. The molecule has 0 aliphatic carbocycles. The molecule has 0 aliphatic heterocycles. The van der Waals surface area contributed by atoms with Crippen molar-refractivity contribution in [3.63, 3.8) is 0 Å². The maximum Gasteiger partial charge on any atom is 0.247 e. The van der Waals surface area contributed by atoms with E-state index in [1.54, 1.807) is 0 Å². The fourth-order valence-electron chi connectivity index (χ4n) is 1.51.